The summed E-state index contributed by atoms with van der Waals surface area (Å²) in [4.78, 5) is 12.8. The van der Waals surface area contributed by atoms with Crippen molar-refractivity contribution in [3.8, 4) is 0 Å². The van der Waals surface area contributed by atoms with Gasteiger partial charge in [0.1, 0.15) is 0 Å². The van der Waals surface area contributed by atoms with Gasteiger partial charge in [-0.3, -0.25) is 4.79 Å². The predicted octanol–water partition coefficient (Wildman–Crippen LogP) is 4.46. The Labute approximate surface area is 188 Å². The highest BCUT2D eigenvalue weighted by atomic mass is 35.5. The summed E-state index contributed by atoms with van der Waals surface area (Å²) < 4.78 is 27.8. The van der Waals surface area contributed by atoms with E-state index in [0.717, 1.165) is 16.7 Å². The van der Waals surface area contributed by atoms with Crippen LogP contribution >= 0.6 is 11.6 Å². The van der Waals surface area contributed by atoms with Crippen LogP contribution in [0.15, 0.2) is 77.7 Å². The van der Waals surface area contributed by atoms with Crippen LogP contribution in [0.25, 0.3) is 0 Å². The number of hydrogen-bond acceptors (Lipinski definition) is 3. The van der Waals surface area contributed by atoms with Crippen LogP contribution in [-0.2, 0) is 27.9 Å². The van der Waals surface area contributed by atoms with Gasteiger partial charge in [0, 0.05) is 18.1 Å². The summed E-state index contributed by atoms with van der Waals surface area (Å²) in [7, 11) is -3.88. The fraction of sp³-hybridized carbons (Fsp3) is 0.208. The maximum Gasteiger partial charge on any atom is 0.243 e. The Morgan fingerprint density at radius 3 is 2.26 bits per heavy atom. The Morgan fingerprint density at radius 1 is 0.903 bits per heavy atom. The highest BCUT2D eigenvalue weighted by Gasteiger charge is 2.27. The molecule has 1 N–H and O–H groups in total. The van der Waals surface area contributed by atoms with E-state index in [2.05, 4.69) is 5.32 Å². The highest BCUT2D eigenvalue weighted by Crippen LogP contribution is 2.20. The molecule has 3 aromatic rings. The summed E-state index contributed by atoms with van der Waals surface area (Å²) in [6, 6.07) is 21.3. The number of carbonyl (C=O) groups excluding carboxylic acids is 1. The van der Waals surface area contributed by atoms with Crippen LogP contribution in [0.3, 0.4) is 0 Å². The lowest BCUT2D eigenvalue weighted by Gasteiger charge is -2.22. The van der Waals surface area contributed by atoms with Gasteiger partial charge in [-0.25, -0.2) is 8.42 Å². The Balaban J connectivity index is 1.81. The van der Waals surface area contributed by atoms with E-state index < -0.39 is 10.0 Å². The van der Waals surface area contributed by atoms with Crippen LogP contribution < -0.4 is 5.32 Å². The number of amides is 1. The van der Waals surface area contributed by atoms with Crippen LogP contribution in [-0.4, -0.2) is 25.2 Å². The summed E-state index contributed by atoms with van der Waals surface area (Å²) in [5.41, 5.74) is 3.71. The van der Waals surface area contributed by atoms with Crippen LogP contribution in [0.1, 0.15) is 22.3 Å². The third kappa shape index (κ3) is 6.40. The Kier molecular flexibility index (Phi) is 7.49. The Bertz CT molecular complexity index is 1160. The standard InChI is InChI=1S/C24H25ClN2O3S/c1-18-9-11-23(12-10-18)31(29,30)27(16-21-7-4-8-22(25)14-21)17-24(28)26-15-20-6-3-5-19(2)13-20/h3-14H,15-17H2,1-2H3,(H,26,28). The normalized spacial score (nSPS) is 11.5. The molecule has 3 rings (SSSR count). The smallest absolute Gasteiger partial charge is 0.243 e. The lowest BCUT2D eigenvalue weighted by atomic mass is 10.1. The lowest BCUT2D eigenvalue weighted by Crippen LogP contribution is -2.40. The maximum atomic E-state index is 13.3. The molecule has 0 bridgehead atoms. The molecule has 162 valence electrons. The minimum atomic E-state index is -3.88. The molecule has 0 saturated carbocycles. The van der Waals surface area contributed by atoms with Crippen molar-refractivity contribution in [3.63, 3.8) is 0 Å². The largest absolute Gasteiger partial charge is 0.351 e. The molecule has 0 aliphatic heterocycles. The molecule has 1 amide bonds. The van der Waals surface area contributed by atoms with Gasteiger partial charge < -0.3 is 5.32 Å². The first-order chi connectivity index (χ1) is 14.7. The molecule has 0 atom stereocenters. The minimum Gasteiger partial charge on any atom is -0.351 e. The fourth-order valence-electron chi connectivity index (χ4n) is 3.16. The molecule has 0 heterocycles. The van der Waals surface area contributed by atoms with Crippen LogP contribution in [0, 0.1) is 13.8 Å². The number of rotatable bonds is 8. The Morgan fingerprint density at radius 2 is 1.58 bits per heavy atom. The molecule has 0 unspecified atom stereocenters. The molecule has 31 heavy (non-hydrogen) atoms. The van der Waals surface area contributed by atoms with Gasteiger partial charge >= 0.3 is 0 Å². The van der Waals surface area contributed by atoms with Crippen molar-refractivity contribution in [2.45, 2.75) is 31.8 Å². The monoisotopic (exact) mass is 456 g/mol. The van der Waals surface area contributed by atoms with Crippen LogP contribution in [0.2, 0.25) is 5.02 Å². The molecule has 0 spiro atoms. The summed E-state index contributed by atoms with van der Waals surface area (Å²) >= 11 is 6.07. The second-order valence-electron chi connectivity index (χ2n) is 7.48. The SMILES string of the molecule is Cc1ccc(S(=O)(=O)N(CC(=O)NCc2cccc(C)c2)Cc2cccc(Cl)c2)cc1. The molecule has 0 aliphatic carbocycles. The van der Waals surface area contributed by atoms with Crippen molar-refractivity contribution in [1.82, 2.24) is 9.62 Å². The first-order valence-corrected chi connectivity index (χ1v) is 11.7. The average Bonchev–Trinajstić information content (AvgIpc) is 2.72. The van der Waals surface area contributed by atoms with E-state index in [1.165, 1.54) is 4.31 Å². The third-order valence-corrected chi connectivity index (χ3v) is 6.84. The second-order valence-corrected chi connectivity index (χ2v) is 9.86. The number of hydrogen-bond donors (Lipinski definition) is 1. The minimum absolute atomic E-state index is 0.0363. The molecule has 5 nitrogen and oxygen atoms in total. The number of carbonyl (C=O) groups is 1. The van der Waals surface area contributed by atoms with Gasteiger partial charge in [0.2, 0.25) is 15.9 Å². The molecule has 7 heteroatoms. The van der Waals surface area contributed by atoms with E-state index in [4.69, 9.17) is 11.6 Å². The van der Waals surface area contributed by atoms with Crippen molar-refractivity contribution < 1.29 is 13.2 Å². The zero-order valence-corrected chi connectivity index (χ0v) is 19.1. The summed E-state index contributed by atoms with van der Waals surface area (Å²) in [5.74, 6) is -0.376. The number of aryl methyl sites for hydroxylation is 2. The number of nitrogens with zero attached hydrogens (tertiary/aromatic N) is 1. The van der Waals surface area contributed by atoms with Gasteiger partial charge in [0.25, 0.3) is 0 Å². The summed E-state index contributed by atoms with van der Waals surface area (Å²) in [6.07, 6.45) is 0. The lowest BCUT2D eigenvalue weighted by molar-refractivity contribution is -0.121. The topological polar surface area (TPSA) is 66.5 Å². The van der Waals surface area contributed by atoms with Gasteiger partial charge in [0.15, 0.2) is 0 Å². The summed E-state index contributed by atoms with van der Waals surface area (Å²) in [5, 5.41) is 3.32. The molecular weight excluding hydrogens is 432 g/mol. The van der Waals surface area contributed by atoms with E-state index in [1.807, 2.05) is 38.1 Å². The van der Waals surface area contributed by atoms with Crippen molar-refractivity contribution in [1.29, 1.82) is 0 Å². The van der Waals surface area contributed by atoms with E-state index in [1.54, 1.807) is 48.5 Å². The quantitative estimate of drug-likeness (QED) is 0.544. The molecule has 0 aromatic heterocycles. The number of benzene rings is 3. The Hall–Kier alpha value is -2.67. The molecule has 0 saturated heterocycles. The fourth-order valence-corrected chi connectivity index (χ4v) is 4.76. The van der Waals surface area contributed by atoms with Gasteiger partial charge in [-0.1, -0.05) is 71.3 Å². The second kappa shape index (κ2) is 10.1. The zero-order valence-electron chi connectivity index (χ0n) is 17.5. The van der Waals surface area contributed by atoms with E-state index in [9.17, 15) is 13.2 Å². The van der Waals surface area contributed by atoms with Gasteiger partial charge in [-0.05, 0) is 49.2 Å². The predicted molar refractivity (Wildman–Crippen MR) is 123 cm³/mol. The van der Waals surface area contributed by atoms with Crippen molar-refractivity contribution in [2.24, 2.45) is 0 Å². The van der Waals surface area contributed by atoms with Crippen molar-refractivity contribution in [2.75, 3.05) is 6.54 Å². The molecule has 0 fully saturated rings. The summed E-state index contributed by atoms with van der Waals surface area (Å²) in [6.45, 7) is 3.93. The molecule has 0 radical (unpaired) electrons. The number of nitrogens with one attached hydrogen (secondary N) is 1. The average molecular weight is 457 g/mol. The molecular formula is C24H25ClN2O3S. The zero-order chi connectivity index (χ0) is 22.4. The first kappa shape index (κ1) is 23.0. The molecule has 0 aliphatic rings. The van der Waals surface area contributed by atoms with Gasteiger partial charge in [-0.15, -0.1) is 0 Å². The first-order valence-electron chi connectivity index (χ1n) is 9.87. The highest BCUT2D eigenvalue weighted by molar-refractivity contribution is 7.89. The number of sulfonamides is 1. The molecule has 3 aromatic carbocycles. The van der Waals surface area contributed by atoms with Gasteiger partial charge in [0.05, 0.1) is 11.4 Å². The number of halogens is 1. The van der Waals surface area contributed by atoms with E-state index in [0.29, 0.717) is 17.1 Å². The van der Waals surface area contributed by atoms with E-state index >= 15 is 0 Å². The third-order valence-electron chi connectivity index (χ3n) is 4.80. The van der Waals surface area contributed by atoms with Crippen molar-refractivity contribution in [3.05, 3.63) is 100 Å². The van der Waals surface area contributed by atoms with Crippen LogP contribution in [0.5, 0.6) is 0 Å². The van der Waals surface area contributed by atoms with Crippen LogP contribution in [0.4, 0.5) is 0 Å². The van der Waals surface area contributed by atoms with Crippen molar-refractivity contribution >= 4 is 27.5 Å². The maximum absolute atomic E-state index is 13.3. The van der Waals surface area contributed by atoms with Gasteiger partial charge in [-0.2, -0.15) is 4.31 Å². The van der Waals surface area contributed by atoms with E-state index in [-0.39, 0.29) is 23.9 Å².